The van der Waals surface area contributed by atoms with Crippen molar-refractivity contribution in [1.82, 2.24) is 20.0 Å². The van der Waals surface area contributed by atoms with E-state index in [4.69, 9.17) is 0 Å². The van der Waals surface area contributed by atoms with Crippen LogP contribution in [0, 0.1) is 5.92 Å². The van der Waals surface area contributed by atoms with Crippen LogP contribution < -0.4 is 5.32 Å². The molecular formula is C17H28N4O3S. The van der Waals surface area contributed by atoms with Gasteiger partial charge in [0.1, 0.15) is 0 Å². The smallest absolute Gasteiger partial charge is 0.223 e. The van der Waals surface area contributed by atoms with Gasteiger partial charge < -0.3 is 5.32 Å². The summed E-state index contributed by atoms with van der Waals surface area (Å²) in [6.07, 6.45) is 8.09. The molecule has 8 heteroatoms. The number of sulfone groups is 1. The molecule has 2 saturated heterocycles. The van der Waals surface area contributed by atoms with E-state index in [9.17, 15) is 13.2 Å². The maximum absolute atomic E-state index is 12.3. The van der Waals surface area contributed by atoms with Crippen molar-refractivity contribution in [3.63, 3.8) is 0 Å². The van der Waals surface area contributed by atoms with Crippen molar-refractivity contribution < 1.29 is 13.2 Å². The maximum atomic E-state index is 12.3. The molecule has 1 N–H and O–H groups in total. The average molecular weight is 369 g/mol. The molecule has 0 aromatic carbocycles. The molecule has 140 valence electrons. The Morgan fingerprint density at radius 2 is 2.08 bits per heavy atom. The van der Waals surface area contributed by atoms with Gasteiger partial charge in [0.25, 0.3) is 0 Å². The Balaban J connectivity index is 1.34. The zero-order chi connectivity index (χ0) is 17.9. The second-order valence-electron chi connectivity index (χ2n) is 7.28. The molecule has 25 heavy (non-hydrogen) atoms. The van der Waals surface area contributed by atoms with Crippen LogP contribution in [-0.2, 0) is 28.1 Å². The van der Waals surface area contributed by atoms with Crippen molar-refractivity contribution in [3.05, 3.63) is 18.0 Å². The molecule has 0 radical (unpaired) electrons. The number of likely N-dealkylation sites (tertiary alicyclic amines) is 1. The molecule has 0 aliphatic carbocycles. The number of hydrogen-bond acceptors (Lipinski definition) is 5. The van der Waals surface area contributed by atoms with Gasteiger partial charge in [0.15, 0.2) is 9.84 Å². The van der Waals surface area contributed by atoms with Gasteiger partial charge in [0.2, 0.25) is 5.91 Å². The van der Waals surface area contributed by atoms with Gasteiger partial charge in [0.05, 0.1) is 17.7 Å². The lowest BCUT2D eigenvalue weighted by molar-refractivity contribution is -0.126. The summed E-state index contributed by atoms with van der Waals surface area (Å²) in [4.78, 5) is 14.6. The van der Waals surface area contributed by atoms with E-state index in [2.05, 4.69) is 15.3 Å². The number of carbonyl (C=O) groups is 1. The minimum Gasteiger partial charge on any atom is -0.356 e. The molecule has 3 heterocycles. The summed E-state index contributed by atoms with van der Waals surface area (Å²) in [6.45, 7) is 2.34. The molecule has 2 aliphatic rings. The highest BCUT2D eigenvalue weighted by molar-refractivity contribution is 7.91. The Labute approximate surface area is 149 Å². The quantitative estimate of drug-likeness (QED) is 0.734. The van der Waals surface area contributed by atoms with Gasteiger partial charge in [-0.25, -0.2) is 8.42 Å². The fourth-order valence-corrected chi connectivity index (χ4v) is 5.60. The van der Waals surface area contributed by atoms with E-state index >= 15 is 0 Å². The van der Waals surface area contributed by atoms with E-state index in [1.165, 1.54) is 5.56 Å². The number of amides is 1. The summed E-state index contributed by atoms with van der Waals surface area (Å²) in [7, 11) is -0.937. The monoisotopic (exact) mass is 368 g/mol. The molecule has 1 aromatic rings. The fourth-order valence-electron chi connectivity index (χ4n) is 3.84. The summed E-state index contributed by atoms with van der Waals surface area (Å²) in [5, 5.41) is 7.19. The normalized spacial score (nSPS) is 24.4. The minimum atomic E-state index is -2.84. The first-order chi connectivity index (χ1) is 11.9. The largest absolute Gasteiger partial charge is 0.356 e. The Morgan fingerprint density at radius 1 is 1.32 bits per heavy atom. The molecule has 2 fully saturated rings. The van der Waals surface area contributed by atoms with E-state index < -0.39 is 9.84 Å². The second kappa shape index (κ2) is 7.86. The lowest BCUT2D eigenvalue weighted by atomic mass is 9.94. The van der Waals surface area contributed by atoms with E-state index in [1.54, 1.807) is 4.68 Å². The summed E-state index contributed by atoms with van der Waals surface area (Å²) < 4.78 is 25.0. The zero-order valence-electron chi connectivity index (χ0n) is 14.9. The molecular weight excluding hydrogens is 340 g/mol. The fraction of sp³-hybridized carbons (Fsp3) is 0.765. The highest BCUT2D eigenvalue weighted by Crippen LogP contribution is 2.24. The van der Waals surface area contributed by atoms with Gasteiger partial charge in [-0.05, 0) is 50.8 Å². The van der Waals surface area contributed by atoms with Crippen molar-refractivity contribution in [2.24, 2.45) is 13.0 Å². The molecule has 1 atom stereocenters. The number of hydrogen-bond donors (Lipinski definition) is 1. The molecule has 3 rings (SSSR count). The van der Waals surface area contributed by atoms with E-state index in [-0.39, 0.29) is 23.6 Å². The molecule has 1 aromatic heterocycles. The molecule has 0 bridgehead atoms. The van der Waals surface area contributed by atoms with Crippen LogP contribution in [0.4, 0.5) is 0 Å². The number of nitrogens with zero attached hydrogens (tertiary/aromatic N) is 3. The van der Waals surface area contributed by atoms with Crippen molar-refractivity contribution in [2.75, 3.05) is 31.1 Å². The molecule has 7 nitrogen and oxygen atoms in total. The summed E-state index contributed by atoms with van der Waals surface area (Å²) in [6, 6.07) is 0.161. The first kappa shape index (κ1) is 18.4. The number of aryl methyl sites for hydroxylation is 2. The van der Waals surface area contributed by atoms with Crippen LogP contribution in [0.2, 0.25) is 0 Å². The topological polar surface area (TPSA) is 84.3 Å². The molecule has 1 amide bonds. The third-order valence-electron chi connectivity index (χ3n) is 5.32. The summed E-state index contributed by atoms with van der Waals surface area (Å²) in [5.74, 6) is 0.810. The van der Waals surface area contributed by atoms with Crippen molar-refractivity contribution >= 4 is 15.7 Å². The third-order valence-corrected chi connectivity index (χ3v) is 7.08. The molecule has 0 unspecified atom stereocenters. The van der Waals surface area contributed by atoms with Gasteiger partial charge in [-0.1, -0.05) is 0 Å². The third kappa shape index (κ3) is 5.04. The van der Waals surface area contributed by atoms with Gasteiger partial charge in [0, 0.05) is 31.7 Å². The number of rotatable bonds is 6. The maximum Gasteiger partial charge on any atom is 0.223 e. The number of piperidine rings is 1. The van der Waals surface area contributed by atoms with Gasteiger partial charge >= 0.3 is 0 Å². The van der Waals surface area contributed by atoms with Crippen molar-refractivity contribution in [3.8, 4) is 0 Å². The van der Waals surface area contributed by atoms with E-state index in [0.717, 1.165) is 45.2 Å². The first-order valence-electron chi connectivity index (χ1n) is 9.13. The highest BCUT2D eigenvalue weighted by atomic mass is 32.2. The van der Waals surface area contributed by atoms with Crippen LogP contribution in [-0.4, -0.2) is 66.2 Å². The molecule has 0 spiro atoms. The second-order valence-corrected chi connectivity index (χ2v) is 9.51. The standard InChI is InChI=1S/C17H28N4O3S/c1-20-12-14(11-19-20)3-2-7-18-17(22)15-4-8-21(9-5-15)16-6-10-25(23,24)13-16/h11-12,15-16H,2-10,13H2,1H3,(H,18,22)/t16-/m1/s1. The lowest BCUT2D eigenvalue weighted by Crippen LogP contribution is -2.45. The number of aromatic nitrogens is 2. The van der Waals surface area contributed by atoms with Gasteiger partial charge in [-0.15, -0.1) is 0 Å². The Bertz CT molecular complexity index is 693. The predicted octanol–water partition coefficient (Wildman–Crippen LogP) is 0.368. The van der Waals surface area contributed by atoms with Crippen LogP contribution in [0.25, 0.3) is 0 Å². The lowest BCUT2D eigenvalue weighted by Gasteiger charge is -2.34. The molecule has 2 aliphatic heterocycles. The van der Waals surface area contributed by atoms with Crippen molar-refractivity contribution in [1.29, 1.82) is 0 Å². The summed E-state index contributed by atoms with van der Waals surface area (Å²) in [5.41, 5.74) is 1.19. The van der Waals surface area contributed by atoms with E-state index in [0.29, 0.717) is 12.3 Å². The van der Waals surface area contributed by atoms with Crippen LogP contribution in [0.5, 0.6) is 0 Å². The minimum absolute atomic E-state index is 0.0626. The Hall–Kier alpha value is -1.41. The Kier molecular flexibility index (Phi) is 5.78. The van der Waals surface area contributed by atoms with Crippen LogP contribution in [0.3, 0.4) is 0 Å². The van der Waals surface area contributed by atoms with Crippen LogP contribution in [0.15, 0.2) is 12.4 Å². The van der Waals surface area contributed by atoms with Gasteiger partial charge in [-0.2, -0.15) is 5.10 Å². The van der Waals surface area contributed by atoms with Crippen LogP contribution in [0.1, 0.15) is 31.2 Å². The van der Waals surface area contributed by atoms with Crippen molar-refractivity contribution in [2.45, 2.75) is 38.1 Å². The Morgan fingerprint density at radius 3 is 2.68 bits per heavy atom. The van der Waals surface area contributed by atoms with E-state index in [1.807, 2.05) is 19.4 Å². The summed E-state index contributed by atoms with van der Waals surface area (Å²) >= 11 is 0. The predicted molar refractivity (Wildman–Crippen MR) is 95.9 cm³/mol. The average Bonchev–Trinajstić information content (AvgIpc) is 3.16. The van der Waals surface area contributed by atoms with Gasteiger partial charge in [-0.3, -0.25) is 14.4 Å². The number of carbonyl (C=O) groups excluding carboxylic acids is 1. The number of nitrogens with one attached hydrogen (secondary N) is 1. The van der Waals surface area contributed by atoms with Crippen LogP contribution >= 0.6 is 0 Å². The SMILES string of the molecule is Cn1cc(CCCNC(=O)C2CCN([C@@H]3CCS(=O)(=O)C3)CC2)cn1. The zero-order valence-corrected chi connectivity index (χ0v) is 15.7. The highest BCUT2D eigenvalue weighted by Gasteiger charge is 2.35. The molecule has 0 saturated carbocycles. The first-order valence-corrected chi connectivity index (χ1v) is 10.9.